The highest BCUT2D eigenvalue weighted by atomic mass is 15.1. The lowest BCUT2D eigenvalue weighted by Crippen LogP contribution is -2.32. The number of nitrogens with zero attached hydrogens (tertiary/aromatic N) is 2. The molecule has 1 heterocycles. The SMILES string of the molecule is C=C(C)C(=NC)C(=C)C1(C)C=CC(CN2CCCCC2)=CC1. The predicted octanol–water partition coefficient (Wildman–Crippen LogP) is 4.57. The van der Waals surface area contributed by atoms with Crippen LogP contribution in [0.4, 0.5) is 0 Å². The van der Waals surface area contributed by atoms with Gasteiger partial charge in [0, 0.05) is 19.0 Å². The first-order valence-electron chi connectivity index (χ1n) is 8.39. The van der Waals surface area contributed by atoms with E-state index in [9.17, 15) is 0 Å². The molecule has 1 unspecified atom stereocenters. The molecule has 1 aliphatic carbocycles. The van der Waals surface area contributed by atoms with Gasteiger partial charge in [-0.25, -0.2) is 0 Å². The lowest BCUT2D eigenvalue weighted by Gasteiger charge is -2.33. The van der Waals surface area contributed by atoms with Crippen LogP contribution in [0.25, 0.3) is 0 Å². The zero-order valence-electron chi connectivity index (χ0n) is 14.5. The number of piperidine rings is 1. The number of aliphatic imine (C=N–C) groups is 1. The van der Waals surface area contributed by atoms with Crippen LogP contribution in [0.1, 0.15) is 39.5 Å². The molecule has 1 fully saturated rings. The molecule has 0 N–H and O–H groups in total. The second-order valence-electron chi connectivity index (χ2n) is 6.90. The van der Waals surface area contributed by atoms with E-state index in [0.29, 0.717) is 0 Å². The van der Waals surface area contributed by atoms with Gasteiger partial charge in [0.15, 0.2) is 0 Å². The van der Waals surface area contributed by atoms with Gasteiger partial charge in [0.25, 0.3) is 0 Å². The Morgan fingerprint density at radius 3 is 2.45 bits per heavy atom. The van der Waals surface area contributed by atoms with Crippen LogP contribution >= 0.6 is 0 Å². The van der Waals surface area contributed by atoms with Crippen molar-refractivity contribution < 1.29 is 0 Å². The van der Waals surface area contributed by atoms with Gasteiger partial charge < -0.3 is 0 Å². The van der Waals surface area contributed by atoms with Crippen LogP contribution in [-0.4, -0.2) is 37.3 Å². The van der Waals surface area contributed by atoms with Gasteiger partial charge in [0.2, 0.25) is 0 Å². The van der Waals surface area contributed by atoms with Crippen molar-refractivity contribution >= 4 is 5.71 Å². The van der Waals surface area contributed by atoms with E-state index in [1.54, 1.807) is 0 Å². The molecular formula is C20H30N2. The summed E-state index contributed by atoms with van der Waals surface area (Å²) in [4.78, 5) is 6.95. The molecule has 0 aromatic heterocycles. The highest BCUT2D eigenvalue weighted by Crippen LogP contribution is 2.37. The van der Waals surface area contributed by atoms with Gasteiger partial charge in [-0.05, 0) is 56.0 Å². The van der Waals surface area contributed by atoms with Crippen molar-refractivity contribution in [2.45, 2.75) is 39.5 Å². The van der Waals surface area contributed by atoms with Crippen LogP contribution in [0.15, 0.2) is 53.1 Å². The van der Waals surface area contributed by atoms with Crippen LogP contribution in [0.3, 0.4) is 0 Å². The van der Waals surface area contributed by atoms with E-state index in [2.05, 4.69) is 48.2 Å². The first-order valence-corrected chi connectivity index (χ1v) is 8.39. The quantitative estimate of drug-likeness (QED) is 0.679. The van der Waals surface area contributed by atoms with E-state index >= 15 is 0 Å². The molecule has 0 amide bonds. The fourth-order valence-corrected chi connectivity index (χ4v) is 3.34. The highest BCUT2D eigenvalue weighted by molar-refractivity contribution is 6.12. The third-order valence-corrected chi connectivity index (χ3v) is 4.91. The molecule has 120 valence electrons. The van der Waals surface area contributed by atoms with Crippen molar-refractivity contribution in [2.24, 2.45) is 10.4 Å². The maximum absolute atomic E-state index is 4.38. The van der Waals surface area contributed by atoms with E-state index in [4.69, 9.17) is 0 Å². The van der Waals surface area contributed by atoms with Crippen LogP contribution in [0.5, 0.6) is 0 Å². The zero-order valence-corrected chi connectivity index (χ0v) is 14.5. The summed E-state index contributed by atoms with van der Waals surface area (Å²) in [5.41, 5.74) is 4.42. The summed E-state index contributed by atoms with van der Waals surface area (Å²) in [5, 5.41) is 0. The molecule has 0 bridgehead atoms. The summed E-state index contributed by atoms with van der Waals surface area (Å²) in [6, 6.07) is 0. The minimum Gasteiger partial charge on any atom is -0.299 e. The lowest BCUT2D eigenvalue weighted by atomic mass is 9.73. The molecule has 0 aromatic rings. The molecule has 22 heavy (non-hydrogen) atoms. The fraction of sp³-hybridized carbons (Fsp3) is 0.550. The monoisotopic (exact) mass is 298 g/mol. The number of hydrogen-bond acceptors (Lipinski definition) is 2. The normalized spacial score (nSPS) is 26.7. The molecule has 1 saturated heterocycles. The average molecular weight is 298 g/mol. The topological polar surface area (TPSA) is 15.6 Å². The summed E-state index contributed by atoms with van der Waals surface area (Å²) in [6.07, 6.45) is 12.1. The van der Waals surface area contributed by atoms with Crippen molar-refractivity contribution in [3.8, 4) is 0 Å². The number of likely N-dealkylation sites (tertiary alicyclic amines) is 1. The van der Waals surface area contributed by atoms with Crippen molar-refractivity contribution in [1.82, 2.24) is 4.90 Å². The highest BCUT2D eigenvalue weighted by Gasteiger charge is 2.29. The molecule has 0 saturated carbocycles. The molecule has 2 aliphatic rings. The molecular weight excluding hydrogens is 268 g/mol. The van der Waals surface area contributed by atoms with Crippen molar-refractivity contribution in [1.29, 1.82) is 0 Å². The standard InChI is InChI=1S/C20H30N2/c1-16(2)19(21-5)17(3)20(4)11-9-18(10-12-20)15-22-13-7-6-8-14-22/h9-11H,1,3,6-8,12-15H2,2,4-5H3. The fourth-order valence-electron chi connectivity index (χ4n) is 3.34. The van der Waals surface area contributed by atoms with Crippen LogP contribution in [0, 0.1) is 5.41 Å². The van der Waals surface area contributed by atoms with Gasteiger partial charge in [-0.3, -0.25) is 9.89 Å². The van der Waals surface area contributed by atoms with Crippen LogP contribution in [0.2, 0.25) is 0 Å². The third-order valence-electron chi connectivity index (χ3n) is 4.91. The summed E-state index contributed by atoms with van der Waals surface area (Å²) in [5.74, 6) is 0. The van der Waals surface area contributed by atoms with Crippen LogP contribution in [-0.2, 0) is 0 Å². The minimum absolute atomic E-state index is 0.0425. The molecule has 1 atom stereocenters. The average Bonchev–Trinajstić information content (AvgIpc) is 2.51. The molecule has 0 spiro atoms. The Morgan fingerprint density at radius 1 is 1.27 bits per heavy atom. The summed E-state index contributed by atoms with van der Waals surface area (Å²) in [7, 11) is 1.82. The maximum Gasteiger partial charge on any atom is 0.0628 e. The first-order chi connectivity index (χ1) is 10.5. The van der Waals surface area contributed by atoms with E-state index in [-0.39, 0.29) is 5.41 Å². The summed E-state index contributed by atoms with van der Waals surface area (Å²) < 4.78 is 0. The van der Waals surface area contributed by atoms with Crippen molar-refractivity contribution in [2.75, 3.05) is 26.7 Å². The molecule has 1 aliphatic heterocycles. The van der Waals surface area contributed by atoms with E-state index in [1.165, 1.54) is 37.9 Å². The Bertz CT molecular complexity index is 530. The molecule has 0 radical (unpaired) electrons. The minimum atomic E-state index is -0.0425. The Morgan fingerprint density at radius 2 is 1.95 bits per heavy atom. The van der Waals surface area contributed by atoms with E-state index < -0.39 is 0 Å². The largest absolute Gasteiger partial charge is 0.299 e. The summed E-state index contributed by atoms with van der Waals surface area (Å²) in [6.45, 7) is 16.2. The van der Waals surface area contributed by atoms with Crippen LogP contribution < -0.4 is 0 Å². The zero-order chi connectivity index (χ0) is 16.2. The molecule has 2 heteroatoms. The Hall–Kier alpha value is -1.41. The Kier molecular flexibility index (Phi) is 5.57. The smallest absolute Gasteiger partial charge is 0.0628 e. The summed E-state index contributed by atoms with van der Waals surface area (Å²) >= 11 is 0. The van der Waals surface area contributed by atoms with Crippen molar-refractivity contribution in [3.63, 3.8) is 0 Å². The second kappa shape index (κ2) is 7.23. The molecule has 2 nitrogen and oxygen atoms in total. The van der Waals surface area contributed by atoms with Gasteiger partial charge in [-0.1, -0.05) is 44.7 Å². The molecule has 0 aromatic carbocycles. The predicted molar refractivity (Wildman–Crippen MR) is 97.6 cm³/mol. The third kappa shape index (κ3) is 3.86. The maximum atomic E-state index is 4.38. The van der Waals surface area contributed by atoms with Gasteiger partial charge in [-0.15, -0.1) is 0 Å². The van der Waals surface area contributed by atoms with Crippen molar-refractivity contribution in [3.05, 3.63) is 48.1 Å². The number of rotatable bonds is 5. The second-order valence-corrected chi connectivity index (χ2v) is 6.90. The van der Waals surface area contributed by atoms with Gasteiger partial charge in [0.05, 0.1) is 5.71 Å². The van der Waals surface area contributed by atoms with E-state index in [1.807, 2.05) is 14.0 Å². The lowest BCUT2D eigenvalue weighted by molar-refractivity contribution is 0.247. The molecule has 2 rings (SSSR count). The number of hydrogen-bond donors (Lipinski definition) is 0. The first kappa shape index (κ1) is 17.0. The number of allylic oxidation sites excluding steroid dienone is 4. The Balaban J connectivity index is 2.01. The van der Waals surface area contributed by atoms with Gasteiger partial charge in [0.1, 0.15) is 0 Å². The van der Waals surface area contributed by atoms with Gasteiger partial charge >= 0.3 is 0 Å². The van der Waals surface area contributed by atoms with Gasteiger partial charge in [-0.2, -0.15) is 0 Å². The van der Waals surface area contributed by atoms with E-state index in [0.717, 1.165) is 29.8 Å². The Labute approximate surface area is 136 Å².